The standard InChI is InChI=1S/C11H20O3/c1-13-11(12)8-9-14-10-6-4-2-3-5-7-10/h10H,2-9H2,1H3. The van der Waals surface area contributed by atoms with Gasteiger partial charge in [-0.05, 0) is 12.8 Å². The molecule has 0 unspecified atom stereocenters. The van der Waals surface area contributed by atoms with Crippen molar-refractivity contribution in [3.05, 3.63) is 0 Å². The molecule has 0 saturated heterocycles. The predicted molar refractivity (Wildman–Crippen MR) is 54.1 cm³/mol. The van der Waals surface area contributed by atoms with Gasteiger partial charge in [-0.25, -0.2) is 0 Å². The fourth-order valence-electron chi connectivity index (χ4n) is 1.82. The fraction of sp³-hybridized carbons (Fsp3) is 0.909. The van der Waals surface area contributed by atoms with Crippen LogP contribution in [0.2, 0.25) is 0 Å². The number of methoxy groups -OCH3 is 1. The van der Waals surface area contributed by atoms with E-state index in [4.69, 9.17) is 4.74 Å². The minimum absolute atomic E-state index is 0.182. The van der Waals surface area contributed by atoms with Crippen LogP contribution in [-0.4, -0.2) is 25.8 Å². The van der Waals surface area contributed by atoms with Crippen LogP contribution in [-0.2, 0) is 14.3 Å². The zero-order valence-corrected chi connectivity index (χ0v) is 8.96. The lowest BCUT2D eigenvalue weighted by Gasteiger charge is -2.14. The van der Waals surface area contributed by atoms with Crippen LogP contribution >= 0.6 is 0 Å². The second kappa shape index (κ2) is 6.82. The lowest BCUT2D eigenvalue weighted by atomic mass is 10.1. The van der Waals surface area contributed by atoms with Crippen molar-refractivity contribution in [2.24, 2.45) is 0 Å². The molecule has 14 heavy (non-hydrogen) atoms. The molecule has 1 aliphatic carbocycles. The molecule has 0 aromatic rings. The van der Waals surface area contributed by atoms with Gasteiger partial charge in [0.25, 0.3) is 0 Å². The first kappa shape index (κ1) is 11.5. The van der Waals surface area contributed by atoms with E-state index in [1.54, 1.807) is 0 Å². The highest BCUT2D eigenvalue weighted by molar-refractivity contribution is 5.69. The zero-order valence-electron chi connectivity index (χ0n) is 8.96. The maximum absolute atomic E-state index is 10.8. The summed E-state index contributed by atoms with van der Waals surface area (Å²) >= 11 is 0. The largest absolute Gasteiger partial charge is 0.469 e. The van der Waals surface area contributed by atoms with Gasteiger partial charge < -0.3 is 9.47 Å². The highest BCUT2D eigenvalue weighted by Gasteiger charge is 2.12. The summed E-state index contributed by atoms with van der Waals surface area (Å²) in [5.41, 5.74) is 0. The highest BCUT2D eigenvalue weighted by atomic mass is 16.5. The minimum Gasteiger partial charge on any atom is -0.469 e. The van der Waals surface area contributed by atoms with Gasteiger partial charge in [-0.15, -0.1) is 0 Å². The number of rotatable bonds is 4. The summed E-state index contributed by atoms with van der Waals surface area (Å²) in [6.07, 6.45) is 8.26. The summed E-state index contributed by atoms with van der Waals surface area (Å²) in [4.78, 5) is 10.8. The molecule has 1 saturated carbocycles. The minimum atomic E-state index is -0.182. The Bertz CT molecular complexity index is 160. The molecule has 0 radical (unpaired) electrons. The van der Waals surface area contributed by atoms with Gasteiger partial charge in [0.1, 0.15) is 0 Å². The fourth-order valence-corrected chi connectivity index (χ4v) is 1.82. The summed E-state index contributed by atoms with van der Waals surface area (Å²) in [6.45, 7) is 0.511. The van der Waals surface area contributed by atoms with Crippen molar-refractivity contribution in [3.63, 3.8) is 0 Å². The van der Waals surface area contributed by atoms with Crippen molar-refractivity contribution in [2.75, 3.05) is 13.7 Å². The van der Waals surface area contributed by atoms with E-state index in [9.17, 15) is 4.79 Å². The average Bonchev–Trinajstić information content (AvgIpc) is 2.46. The second-order valence-electron chi connectivity index (χ2n) is 3.81. The van der Waals surface area contributed by atoms with Crippen molar-refractivity contribution < 1.29 is 14.3 Å². The van der Waals surface area contributed by atoms with Crippen LogP contribution in [0.3, 0.4) is 0 Å². The molecule has 82 valence electrons. The van der Waals surface area contributed by atoms with E-state index in [1.807, 2.05) is 0 Å². The Labute approximate surface area is 85.8 Å². The highest BCUT2D eigenvalue weighted by Crippen LogP contribution is 2.19. The van der Waals surface area contributed by atoms with Crippen LogP contribution in [0.5, 0.6) is 0 Å². The Balaban J connectivity index is 2.07. The summed E-state index contributed by atoms with van der Waals surface area (Å²) in [5.74, 6) is -0.182. The topological polar surface area (TPSA) is 35.5 Å². The second-order valence-corrected chi connectivity index (χ2v) is 3.81. The predicted octanol–water partition coefficient (Wildman–Crippen LogP) is 2.29. The molecule has 0 aliphatic heterocycles. The zero-order chi connectivity index (χ0) is 10.2. The number of carbonyl (C=O) groups is 1. The molecule has 0 heterocycles. The van der Waals surface area contributed by atoms with Gasteiger partial charge in [0.15, 0.2) is 0 Å². The SMILES string of the molecule is COC(=O)CCOC1CCCCCC1. The van der Waals surface area contributed by atoms with Crippen LogP contribution in [0.25, 0.3) is 0 Å². The first-order chi connectivity index (χ1) is 6.83. The molecule has 3 nitrogen and oxygen atoms in total. The van der Waals surface area contributed by atoms with E-state index in [2.05, 4.69) is 4.74 Å². The Kier molecular flexibility index (Phi) is 5.60. The monoisotopic (exact) mass is 200 g/mol. The van der Waals surface area contributed by atoms with Crippen LogP contribution in [0, 0.1) is 0 Å². The average molecular weight is 200 g/mol. The third kappa shape index (κ3) is 4.61. The molecule has 0 N–H and O–H groups in total. The van der Waals surface area contributed by atoms with Gasteiger partial charge in [-0.3, -0.25) is 4.79 Å². The van der Waals surface area contributed by atoms with Gasteiger partial charge in [0.2, 0.25) is 0 Å². The first-order valence-corrected chi connectivity index (χ1v) is 5.51. The third-order valence-electron chi connectivity index (χ3n) is 2.69. The number of carbonyl (C=O) groups excluding carboxylic acids is 1. The smallest absolute Gasteiger partial charge is 0.307 e. The summed E-state index contributed by atoms with van der Waals surface area (Å²) < 4.78 is 10.2. The number of hydrogen-bond acceptors (Lipinski definition) is 3. The maximum atomic E-state index is 10.8. The summed E-state index contributed by atoms with van der Waals surface area (Å²) in [6, 6.07) is 0. The van der Waals surface area contributed by atoms with Crippen molar-refractivity contribution in [1.29, 1.82) is 0 Å². The van der Waals surface area contributed by atoms with E-state index < -0.39 is 0 Å². The molecule has 0 bridgehead atoms. The molecule has 0 amide bonds. The Morgan fingerprint density at radius 3 is 2.43 bits per heavy atom. The van der Waals surface area contributed by atoms with E-state index in [0.29, 0.717) is 19.1 Å². The first-order valence-electron chi connectivity index (χ1n) is 5.51. The summed E-state index contributed by atoms with van der Waals surface area (Å²) in [7, 11) is 1.41. The molecule has 0 aromatic heterocycles. The summed E-state index contributed by atoms with van der Waals surface area (Å²) in [5, 5.41) is 0. The molecule has 1 fully saturated rings. The van der Waals surface area contributed by atoms with Gasteiger partial charge >= 0.3 is 5.97 Å². The van der Waals surface area contributed by atoms with Gasteiger partial charge in [0.05, 0.1) is 26.2 Å². The number of hydrogen-bond donors (Lipinski definition) is 0. The quantitative estimate of drug-likeness (QED) is 0.516. The molecule has 3 heteroatoms. The van der Waals surface area contributed by atoms with Crippen molar-refractivity contribution >= 4 is 5.97 Å². The molecule has 1 aliphatic rings. The number of esters is 1. The molecule has 0 aromatic carbocycles. The van der Waals surface area contributed by atoms with Gasteiger partial charge in [-0.2, -0.15) is 0 Å². The van der Waals surface area contributed by atoms with E-state index in [-0.39, 0.29) is 5.97 Å². The van der Waals surface area contributed by atoms with Crippen molar-refractivity contribution in [1.82, 2.24) is 0 Å². The normalized spacial score (nSPS) is 18.9. The van der Waals surface area contributed by atoms with Crippen molar-refractivity contribution in [3.8, 4) is 0 Å². The lowest BCUT2D eigenvalue weighted by molar-refractivity contribution is -0.142. The Morgan fingerprint density at radius 2 is 1.86 bits per heavy atom. The third-order valence-corrected chi connectivity index (χ3v) is 2.69. The van der Waals surface area contributed by atoms with E-state index in [1.165, 1.54) is 32.8 Å². The van der Waals surface area contributed by atoms with Crippen molar-refractivity contribution in [2.45, 2.75) is 51.0 Å². The van der Waals surface area contributed by atoms with Gasteiger partial charge in [0, 0.05) is 0 Å². The molecular weight excluding hydrogens is 180 g/mol. The van der Waals surface area contributed by atoms with E-state index >= 15 is 0 Å². The Hall–Kier alpha value is -0.570. The molecule has 0 spiro atoms. The Morgan fingerprint density at radius 1 is 1.21 bits per heavy atom. The molecular formula is C11H20O3. The molecule has 0 atom stereocenters. The maximum Gasteiger partial charge on any atom is 0.307 e. The molecule has 1 rings (SSSR count). The van der Waals surface area contributed by atoms with Crippen LogP contribution in [0.15, 0.2) is 0 Å². The lowest BCUT2D eigenvalue weighted by Crippen LogP contribution is -2.15. The van der Waals surface area contributed by atoms with Gasteiger partial charge in [-0.1, -0.05) is 25.7 Å². The number of ether oxygens (including phenoxy) is 2. The van der Waals surface area contributed by atoms with Crippen LogP contribution < -0.4 is 0 Å². The van der Waals surface area contributed by atoms with E-state index in [0.717, 1.165) is 12.8 Å². The van der Waals surface area contributed by atoms with Crippen LogP contribution in [0.4, 0.5) is 0 Å². The van der Waals surface area contributed by atoms with Crippen LogP contribution in [0.1, 0.15) is 44.9 Å².